The van der Waals surface area contributed by atoms with E-state index in [-0.39, 0.29) is 12.1 Å². The van der Waals surface area contributed by atoms with E-state index in [4.69, 9.17) is 0 Å². The van der Waals surface area contributed by atoms with Gasteiger partial charge in [-0.25, -0.2) is 14.8 Å². The predicted molar refractivity (Wildman–Crippen MR) is 113 cm³/mol. The predicted octanol–water partition coefficient (Wildman–Crippen LogP) is 5.01. The molecule has 1 unspecified atom stereocenters. The lowest BCUT2D eigenvalue weighted by atomic mass is 9.89. The van der Waals surface area contributed by atoms with Crippen molar-refractivity contribution in [3.05, 3.63) is 64.5 Å². The molecule has 0 spiro atoms. The molecular weight excluding hydrogens is 348 g/mol. The van der Waals surface area contributed by atoms with Crippen molar-refractivity contribution >= 4 is 22.8 Å². The lowest BCUT2D eigenvalue weighted by Gasteiger charge is -2.20. The molecule has 1 aliphatic carbocycles. The summed E-state index contributed by atoms with van der Waals surface area (Å²) in [5, 5.41) is 5.95. The molecule has 28 heavy (non-hydrogen) atoms. The number of aryl methyl sites for hydroxylation is 4. The molecule has 1 aliphatic rings. The normalized spacial score (nSPS) is 14.4. The van der Waals surface area contributed by atoms with Gasteiger partial charge in [0, 0.05) is 5.69 Å². The van der Waals surface area contributed by atoms with E-state index in [1.165, 1.54) is 30.4 Å². The van der Waals surface area contributed by atoms with Crippen LogP contribution in [0.25, 0.3) is 11.0 Å². The number of amides is 2. The smallest absolute Gasteiger partial charge is 0.319 e. The van der Waals surface area contributed by atoms with Crippen LogP contribution in [-0.4, -0.2) is 16.0 Å². The molecule has 1 atom stereocenters. The van der Waals surface area contributed by atoms with E-state index in [0.29, 0.717) is 5.69 Å². The summed E-state index contributed by atoms with van der Waals surface area (Å²) >= 11 is 0. The van der Waals surface area contributed by atoms with Gasteiger partial charge in [0.05, 0.1) is 28.5 Å². The molecule has 1 aromatic heterocycles. The summed E-state index contributed by atoms with van der Waals surface area (Å²) in [5.41, 5.74) is 8.16. The molecule has 5 heteroatoms. The number of nitrogens with one attached hydrogen (secondary N) is 2. The molecule has 0 bridgehead atoms. The number of fused-ring (bicyclic) bond motifs is 2. The minimum atomic E-state index is -0.221. The third-order valence-corrected chi connectivity index (χ3v) is 5.55. The first-order chi connectivity index (χ1) is 13.5. The summed E-state index contributed by atoms with van der Waals surface area (Å²) in [4.78, 5) is 21.6. The molecular formula is C23H26N4O. The minimum Gasteiger partial charge on any atom is -0.331 e. The average molecular weight is 374 g/mol. The van der Waals surface area contributed by atoms with Gasteiger partial charge in [-0.05, 0) is 81.3 Å². The quantitative estimate of drug-likeness (QED) is 0.677. The number of urea groups is 1. The fraction of sp³-hybridized carbons (Fsp3) is 0.348. The number of carbonyl (C=O) groups is 1. The highest BCUT2D eigenvalue weighted by molar-refractivity contribution is 5.92. The van der Waals surface area contributed by atoms with Gasteiger partial charge in [-0.15, -0.1) is 0 Å². The number of hydrogen-bond donors (Lipinski definition) is 2. The molecule has 0 aliphatic heterocycles. The van der Waals surface area contributed by atoms with Crippen molar-refractivity contribution in [1.82, 2.24) is 15.3 Å². The molecule has 3 aromatic rings. The molecule has 144 valence electrons. The highest BCUT2D eigenvalue weighted by Gasteiger charge is 2.14. The van der Waals surface area contributed by atoms with E-state index < -0.39 is 0 Å². The van der Waals surface area contributed by atoms with Crippen molar-refractivity contribution in [3.8, 4) is 0 Å². The van der Waals surface area contributed by atoms with E-state index in [2.05, 4.69) is 38.8 Å². The van der Waals surface area contributed by atoms with Gasteiger partial charge in [-0.2, -0.15) is 0 Å². The Hall–Kier alpha value is -2.95. The summed E-state index contributed by atoms with van der Waals surface area (Å²) in [6.07, 6.45) is 4.83. The lowest BCUT2D eigenvalue weighted by molar-refractivity contribution is 0.249. The number of anilines is 1. The molecule has 5 nitrogen and oxygen atoms in total. The largest absolute Gasteiger partial charge is 0.331 e. The SMILES string of the molecule is Cc1nc2ccc(NC(=O)NC(C)c3ccc4c(c3)CCCC4)cc2nc1C. The average Bonchev–Trinajstić information content (AvgIpc) is 2.68. The number of carbonyl (C=O) groups excluding carboxylic acids is 1. The minimum absolute atomic E-state index is 0.0580. The topological polar surface area (TPSA) is 66.9 Å². The molecule has 2 amide bonds. The van der Waals surface area contributed by atoms with E-state index in [0.717, 1.165) is 34.4 Å². The summed E-state index contributed by atoms with van der Waals surface area (Å²) in [6, 6.07) is 11.9. The maximum absolute atomic E-state index is 12.5. The molecule has 0 fully saturated rings. The highest BCUT2D eigenvalue weighted by Crippen LogP contribution is 2.25. The molecule has 0 saturated heterocycles. The van der Waals surface area contributed by atoms with Crippen molar-refractivity contribution in [3.63, 3.8) is 0 Å². The van der Waals surface area contributed by atoms with Crippen LogP contribution in [0.3, 0.4) is 0 Å². The van der Waals surface area contributed by atoms with Crippen LogP contribution in [0.4, 0.5) is 10.5 Å². The molecule has 2 aromatic carbocycles. The van der Waals surface area contributed by atoms with Crippen LogP contribution >= 0.6 is 0 Å². The van der Waals surface area contributed by atoms with Gasteiger partial charge in [0.2, 0.25) is 0 Å². The molecule has 1 heterocycles. The van der Waals surface area contributed by atoms with E-state index in [1.54, 1.807) is 0 Å². The second kappa shape index (κ2) is 7.58. The fourth-order valence-corrected chi connectivity index (χ4v) is 3.78. The summed E-state index contributed by atoms with van der Waals surface area (Å²) < 4.78 is 0. The first-order valence-corrected chi connectivity index (χ1v) is 9.94. The van der Waals surface area contributed by atoms with E-state index in [9.17, 15) is 4.79 Å². The molecule has 0 saturated carbocycles. The van der Waals surface area contributed by atoms with Gasteiger partial charge >= 0.3 is 6.03 Å². The summed E-state index contributed by atoms with van der Waals surface area (Å²) in [7, 11) is 0. The fourth-order valence-electron chi connectivity index (χ4n) is 3.78. The Morgan fingerprint density at radius 3 is 2.43 bits per heavy atom. The second-order valence-electron chi connectivity index (χ2n) is 7.65. The number of aromatic nitrogens is 2. The maximum Gasteiger partial charge on any atom is 0.319 e. The Labute approximate surface area is 165 Å². The molecule has 4 rings (SSSR count). The monoisotopic (exact) mass is 374 g/mol. The number of hydrogen-bond acceptors (Lipinski definition) is 3. The zero-order chi connectivity index (χ0) is 19.7. The van der Waals surface area contributed by atoms with Gasteiger partial charge < -0.3 is 10.6 Å². The summed E-state index contributed by atoms with van der Waals surface area (Å²) in [5.74, 6) is 0. The molecule has 2 N–H and O–H groups in total. The standard InChI is InChI=1S/C23H26N4O/c1-14-15(2)25-22-13-20(10-11-21(22)24-14)27-23(28)26-16(3)18-9-8-17-6-4-5-7-19(17)12-18/h8-13,16H,4-7H2,1-3H3,(H2,26,27,28). The summed E-state index contributed by atoms with van der Waals surface area (Å²) in [6.45, 7) is 5.90. The second-order valence-corrected chi connectivity index (χ2v) is 7.65. The van der Waals surface area contributed by atoms with Crippen molar-refractivity contribution < 1.29 is 4.79 Å². The highest BCUT2D eigenvalue weighted by atomic mass is 16.2. The zero-order valence-corrected chi connectivity index (χ0v) is 16.7. The van der Waals surface area contributed by atoms with Crippen molar-refractivity contribution in [2.45, 2.75) is 52.5 Å². The van der Waals surface area contributed by atoms with Crippen LogP contribution in [0.2, 0.25) is 0 Å². The van der Waals surface area contributed by atoms with Gasteiger partial charge in [-0.1, -0.05) is 18.2 Å². The van der Waals surface area contributed by atoms with Crippen molar-refractivity contribution in [1.29, 1.82) is 0 Å². The zero-order valence-electron chi connectivity index (χ0n) is 16.7. The van der Waals surface area contributed by atoms with E-state index >= 15 is 0 Å². The number of nitrogens with zero attached hydrogens (tertiary/aromatic N) is 2. The van der Waals surface area contributed by atoms with Gasteiger partial charge in [0.25, 0.3) is 0 Å². The van der Waals surface area contributed by atoms with Gasteiger partial charge in [0.1, 0.15) is 0 Å². The van der Waals surface area contributed by atoms with E-state index in [1.807, 2.05) is 39.0 Å². The Balaban J connectivity index is 1.45. The third kappa shape index (κ3) is 3.84. The van der Waals surface area contributed by atoms with Crippen molar-refractivity contribution in [2.24, 2.45) is 0 Å². The van der Waals surface area contributed by atoms with Crippen LogP contribution in [0.15, 0.2) is 36.4 Å². The number of rotatable bonds is 3. The maximum atomic E-state index is 12.5. The first-order valence-electron chi connectivity index (χ1n) is 9.94. The molecule has 0 radical (unpaired) electrons. The Bertz CT molecular complexity index is 1040. The Kier molecular flexibility index (Phi) is 4.99. The van der Waals surface area contributed by atoms with Crippen molar-refractivity contribution in [2.75, 3.05) is 5.32 Å². The van der Waals surface area contributed by atoms with Crippen LogP contribution in [-0.2, 0) is 12.8 Å². The van der Waals surface area contributed by atoms with Crippen LogP contribution in [0, 0.1) is 13.8 Å². The third-order valence-electron chi connectivity index (χ3n) is 5.55. The number of benzene rings is 2. The van der Waals surface area contributed by atoms with Gasteiger partial charge in [-0.3, -0.25) is 0 Å². The first kappa shape index (κ1) is 18.4. The lowest BCUT2D eigenvalue weighted by Crippen LogP contribution is -2.31. The Morgan fingerprint density at radius 2 is 1.64 bits per heavy atom. The van der Waals surface area contributed by atoms with Crippen LogP contribution in [0.1, 0.15) is 53.9 Å². The van der Waals surface area contributed by atoms with Crippen LogP contribution < -0.4 is 10.6 Å². The van der Waals surface area contributed by atoms with Crippen LogP contribution in [0.5, 0.6) is 0 Å². The van der Waals surface area contributed by atoms with Gasteiger partial charge in [0.15, 0.2) is 0 Å². The Morgan fingerprint density at radius 1 is 0.929 bits per heavy atom.